The Morgan fingerprint density at radius 1 is 0.897 bits per heavy atom. The average Bonchev–Trinajstić information content (AvgIpc) is 2.85. The highest BCUT2D eigenvalue weighted by atomic mass is 79.9. The molecule has 0 saturated carbocycles. The van der Waals surface area contributed by atoms with Crippen LogP contribution in [0.15, 0.2) is 77.3 Å². The Bertz CT molecular complexity index is 1390. The molecule has 9 heteroatoms. The number of halogens is 1. The molecule has 0 unspecified atom stereocenters. The lowest BCUT2D eigenvalue weighted by Crippen LogP contribution is -2.54. The van der Waals surface area contributed by atoms with Gasteiger partial charge in [-0.05, 0) is 62.1 Å². The number of rotatable bonds is 11. The molecule has 0 aliphatic rings. The van der Waals surface area contributed by atoms with Gasteiger partial charge >= 0.3 is 0 Å². The van der Waals surface area contributed by atoms with Crippen LogP contribution in [0.5, 0.6) is 0 Å². The van der Waals surface area contributed by atoms with Gasteiger partial charge in [-0.15, -0.1) is 0 Å². The number of para-hydroxylation sites is 1. The SMILES string of the molecule is Cc1cccc(C)c1N(CC(=O)N(Cc1cccc(Br)c1)[C@H](Cc1ccccc1)C(=O)NC(C)C)S(C)(=O)=O. The van der Waals surface area contributed by atoms with Crippen molar-refractivity contribution >= 4 is 43.5 Å². The molecule has 0 saturated heterocycles. The largest absolute Gasteiger partial charge is 0.352 e. The minimum atomic E-state index is -3.82. The third-order valence-corrected chi connectivity index (χ3v) is 7.92. The fraction of sp³-hybridized carbons (Fsp3) is 0.333. The maximum Gasteiger partial charge on any atom is 0.244 e. The van der Waals surface area contributed by atoms with Crippen molar-refractivity contribution in [3.05, 3.63) is 99.5 Å². The molecule has 3 aromatic carbocycles. The smallest absolute Gasteiger partial charge is 0.244 e. The van der Waals surface area contributed by atoms with Crippen LogP contribution in [0, 0.1) is 13.8 Å². The standard InChI is InChI=1S/C30H36BrN3O4S/c1-21(2)32-30(36)27(18-24-13-7-6-8-14-24)33(19-25-15-10-16-26(31)17-25)28(35)20-34(39(5,37)38)29-22(3)11-9-12-23(29)4/h6-17,21,27H,18-20H2,1-5H3,(H,32,36)/t27-/m1/s1. The Balaban J connectivity index is 2.09. The van der Waals surface area contributed by atoms with Gasteiger partial charge in [-0.3, -0.25) is 13.9 Å². The molecular formula is C30H36BrN3O4S. The quantitative estimate of drug-likeness (QED) is 0.330. The molecule has 3 aromatic rings. The molecule has 0 bridgehead atoms. The van der Waals surface area contributed by atoms with Gasteiger partial charge in [-0.1, -0.05) is 76.6 Å². The molecule has 0 radical (unpaired) electrons. The zero-order valence-corrected chi connectivity index (χ0v) is 25.4. The number of amides is 2. The monoisotopic (exact) mass is 613 g/mol. The Morgan fingerprint density at radius 3 is 2.05 bits per heavy atom. The van der Waals surface area contributed by atoms with Crippen LogP contribution in [0.25, 0.3) is 0 Å². The molecule has 7 nitrogen and oxygen atoms in total. The summed E-state index contributed by atoms with van der Waals surface area (Å²) in [5.41, 5.74) is 3.66. The van der Waals surface area contributed by atoms with Crippen molar-refractivity contribution in [1.29, 1.82) is 0 Å². The van der Waals surface area contributed by atoms with Gasteiger partial charge in [0.2, 0.25) is 21.8 Å². The van der Waals surface area contributed by atoms with E-state index >= 15 is 0 Å². The van der Waals surface area contributed by atoms with Crippen molar-refractivity contribution in [2.45, 2.75) is 52.7 Å². The van der Waals surface area contributed by atoms with E-state index in [1.54, 1.807) is 0 Å². The molecule has 39 heavy (non-hydrogen) atoms. The summed E-state index contributed by atoms with van der Waals surface area (Å²) in [6, 6.07) is 21.5. The van der Waals surface area contributed by atoms with E-state index in [9.17, 15) is 18.0 Å². The second kappa shape index (κ2) is 13.3. The van der Waals surface area contributed by atoms with E-state index in [2.05, 4.69) is 21.2 Å². The number of anilines is 1. The fourth-order valence-corrected chi connectivity index (χ4v) is 5.95. The van der Waals surface area contributed by atoms with Crippen molar-refractivity contribution in [2.75, 3.05) is 17.1 Å². The molecule has 208 valence electrons. The minimum absolute atomic E-state index is 0.131. The summed E-state index contributed by atoms with van der Waals surface area (Å²) in [6.45, 7) is 7.07. The molecule has 0 aliphatic heterocycles. The lowest BCUT2D eigenvalue weighted by molar-refractivity contribution is -0.140. The van der Waals surface area contributed by atoms with E-state index in [1.165, 1.54) is 4.90 Å². The number of sulfonamides is 1. The Labute approximate surface area is 240 Å². The summed E-state index contributed by atoms with van der Waals surface area (Å²) in [6.07, 6.45) is 1.37. The van der Waals surface area contributed by atoms with Gasteiger partial charge in [0.15, 0.2) is 0 Å². The van der Waals surface area contributed by atoms with Crippen LogP contribution in [-0.2, 0) is 32.6 Å². The number of hydrogen-bond acceptors (Lipinski definition) is 4. The van der Waals surface area contributed by atoms with Crippen molar-refractivity contribution in [3.63, 3.8) is 0 Å². The van der Waals surface area contributed by atoms with Crippen LogP contribution in [-0.4, -0.2) is 50.0 Å². The van der Waals surface area contributed by atoms with E-state index in [-0.39, 0.29) is 24.9 Å². The van der Waals surface area contributed by atoms with E-state index in [0.717, 1.165) is 37.3 Å². The Kier molecular flexibility index (Phi) is 10.3. The highest BCUT2D eigenvalue weighted by Gasteiger charge is 2.33. The molecule has 0 aliphatic carbocycles. The Hall–Kier alpha value is -3.17. The van der Waals surface area contributed by atoms with Crippen molar-refractivity contribution < 1.29 is 18.0 Å². The third kappa shape index (κ3) is 8.41. The first-order chi connectivity index (χ1) is 18.4. The number of nitrogens with zero attached hydrogens (tertiary/aromatic N) is 2. The topological polar surface area (TPSA) is 86.8 Å². The van der Waals surface area contributed by atoms with E-state index in [4.69, 9.17) is 0 Å². The predicted molar refractivity (Wildman–Crippen MR) is 160 cm³/mol. The minimum Gasteiger partial charge on any atom is -0.352 e. The first-order valence-electron chi connectivity index (χ1n) is 12.8. The molecule has 0 heterocycles. The number of hydrogen-bond donors (Lipinski definition) is 1. The summed E-state index contributed by atoms with van der Waals surface area (Å²) in [7, 11) is -3.82. The summed E-state index contributed by atoms with van der Waals surface area (Å²) in [5, 5.41) is 2.96. The van der Waals surface area contributed by atoms with E-state index in [0.29, 0.717) is 5.69 Å². The van der Waals surface area contributed by atoms with Crippen LogP contribution in [0.4, 0.5) is 5.69 Å². The summed E-state index contributed by atoms with van der Waals surface area (Å²) < 4.78 is 28.0. The lowest BCUT2D eigenvalue weighted by atomic mass is 10.0. The van der Waals surface area contributed by atoms with Crippen LogP contribution < -0.4 is 9.62 Å². The zero-order valence-electron chi connectivity index (χ0n) is 23.0. The lowest BCUT2D eigenvalue weighted by Gasteiger charge is -2.34. The molecule has 1 N–H and O–H groups in total. The zero-order chi connectivity index (χ0) is 28.7. The molecular weight excluding hydrogens is 578 g/mol. The van der Waals surface area contributed by atoms with Gasteiger partial charge in [0.25, 0.3) is 0 Å². The molecule has 0 spiro atoms. The maximum absolute atomic E-state index is 14.1. The predicted octanol–water partition coefficient (Wildman–Crippen LogP) is 5.00. The summed E-state index contributed by atoms with van der Waals surface area (Å²) in [4.78, 5) is 29.2. The van der Waals surface area contributed by atoms with Crippen LogP contribution in [0.1, 0.15) is 36.1 Å². The number of nitrogens with one attached hydrogen (secondary N) is 1. The molecule has 0 fully saturated rings. The number of benzene rings is 3. The molecule has 0 aromatic heterocycles. The van der Waals surface area contributed by atoms with Crippen molar-refractivity contribution in [1.82, 2.24) is 10.2 Å². The second-order valence-corrected chi connectivity index (χ2v) is 12.9. The number of carbonyl (C=O) groups is 2. The van der Waals surface area contributed by atoms with Crippen molar-refractivity contribution in [3.8, 4) is 0 Å². The molecule has 1 atom stereocenters. The van der Waals surface area contributed by atoms with Crippen LogP contribution in [0.2, 0.25) is 0 Å². The molecule has 3 rings (SSSR count). The van der Waals surface area contributed by atoms with E-state index in [1.807, 2.05) is 100 Å². The average molecular weight is 615 g/mol. The third-order valence-electron chi connectivity index (χ3n) is 6.31. The summed E-state index contributed by atoms with van der Waals surface area (Å²) >= 11 is 3.48. The van der Waals surface area contributed by atoms with Gasteiger partial charge in [-0.25, -0.2) is 8.42 Å². The second-order valence-electron chi connectivity index (χ2n) is 10.0. The number of carbonyl (C=O) groups excluding carboxylic acids is 2. The molecule has 2 amide bonds. The first-order valence-corrected chi connectivity index (χ1v) is 15.4. The van der Waals surface area contributed by atoms with Crippen LogP contribution >= 0.6 is 15.9 Å². The maximum atomic E-state index is 14.1. The normalized spacial score (nSPS) is 12.2. The van der Waals surface area contributed by atoms with Gasteiger partial charge in [0.1, 0.15) is 12.6 Å². The Morgan fingerprint density at radius 2 is 1.49 bits per heavy atom. The van der Waals surface area contributed by atoms with Crippen molar-refractivity contribution in [2.24, 2.45) is 0 Å². The van der Waals surface area contributed by atoms with Gasteiger partial charge in [0, 0.05) is 23.5 Å². The number of aryl methyl sites for hydroxylation is 2. The van der Waals surface area contributed by atoms with Crippen LogP contribution in [0.3, 0.4) is 0 Å². The summed E-state index contributed by atoms with van der Waals surface area (Å²) in [5.74, 6) is -0.766. The van der Waals surface area contributed by atoms with Gasteiger partial charge in [0.05, 0.1) is 11.9 Å². The van der Waals surface area contributed by atoms with Gasteiger partial charge < -0.3 is 10.2 Å². The fourth-order valence-electron chi connectivity index (χ4n) is 4.54. The highest BCUT2D eigenvalue weighted by Crippen LogP contribution is 2.27. The first kappa shape index (κ1) is 30.4. The van der Waals surface area contributed by atoms with Gasteiger partial charge in [-0.2, -0.15) is 0 Å². The highest BCUT2D eigenvalue weighted by molar-refractivity contribution is 9.10. The van der Waals surface area contributed by atoms with E-state index < -0.39 is 28.5 Å².